The van der Waals surface area contributed by atoms with E-state index in [4.69, 9.17) is 4.98 Å². The summed E-state index contributed by atoms with van der Waals surface area (Å²) in [5, 5.41) is 7.20. The number of rotatable bonds is 4. The Balaban J connectivity index is 1.64. The van der Waals surface area contributed by atoms with Crippen LogP contribution in [0.5, 0.6) is 0 Å². The lowest BCUT2D eigenvalue weighted by Gasteiger charge is -2.34. The highest BCUT2D eigenvalue weighted by Crippen LogP contribution is 2.26. The van der Waals surface area contributed by atoms with Crippen molar-refractivity contribution in [3.8, 4) is 11.6 Å². The van der Waals surface area contributed by atoms with E-state index in [1.165, 1.54) is 4.57 Å². The fourth-order valence-corrected chi connectivity index (χ4v) is 5.22. The molecular weight excluding hydrogens is 560 g/mol. The third-order valence-corrected chi connectivity index (χ3v) is 7.97. The summed E-state index contributed by atoms with van der Waals surface area (Å²) >= 11 is 3.49. The molecule has 10 heteroatoms. The Bertz CT molecular complexity index is 1670. The average molecular weight is 589 g/mol. The van der Waals surface area contributed by atoms with Crippen molar-refractivity contribution in [3.05, 3.63) is 103 Å². The summed E-state index contributed by atoms with van der Waals surface area (Å²) in [5.74, 6) is 0.0152. The first kappa shape index (κ1) is 26.6. The van der Waals surface area contributed by atoms with Gasteiger partial charge in [-0.1, -0.05) is 15.9 Å². The van der Waals surface area contributed by atoms with Crippen molar-refractivity contribution >= 4 is 27.7 Å². The molecule has 2 amide bonds. The molecule has 9 nitrogen and oxygen atoms in total. The predicted molar refractivity (Wildman–Crippen MR) is 152 cm³/mol. The Morgan fingerprint density at radius 3 is 2.33 bits per heavy atom. The van der Waals surface area contributed by atoms with Gasteiger partial charge in [-0.15, -0.1) is 0 Å². The largest absolute Gasteiger partial charge is 0.355 e. The molecule has 0 fully saturated rings. The number of aryl methyl sites for hydroxylation is 3. The number of carbonyl (C=O) groups excluding carboxylic acids is 2. The number of nitrogens with zero attached hydrogens (tertiary/aromatic N) is 5. The number of benzene rings is 2. The van der Waals surface area contributed by atoms with Crippen molar-refractivity contribution in [1.29, 1.82) is 0 Å². The van der Waals surface area contributed by atoms with E-state index in [2.05, 4.69) is 26.3 Å². The van der Waals surface area contributed by atoms with Crippen molar-refractivity contribution in [2.24, 2.45) is 0 Å². The summed E-state index contributed by atoms with van der Waals surface area (Å²) in [6.07, 6.45) is 0.371. The second-order valence-corrected chi connectivity index (χ2v) is 10.7. The van der Waals surface area contributed by atoms with E-state index in [1.54, 1.807) is 47.0 Å². The molecule has 1 atom stereocenters. The van der Waals surface area contributed by atoms with Crippen LogP contribution in [0.4, 0.5) is 0 Å². The number of fused-ring (bicyclic) bond motifs is 1. The zero-order chi connectivity index (χ0) is 28.0. The van der Waals surface area contributed by atoms with E-state index in [0.29, 0.717) is 40.4 Å². The lowest BCUT2D eigenvalue weighted by Crippen LogP contribution is -2.46. The van der Waals surface area contributed by atoms with Crippen LogP contribution in [0.15, 0.2) is 57.8 Å². The fourth-order valence-electron chi connectivity index (χ4n) is 4.97. The molecule has 4 aromatic rings. The minimum Gasteiger partial charge on any atom is -0.355 e. The van der Waals surface area contributed by atoms with Gasteiger partial charge in [0.15, 0.2) is 0 Å². The minimum atomic E-state index is -0.214. The Kier molecular flexibility index (Phi) is 6.98. The zero-order valence-electron chi connectivity index (χ0n) is 22.4. The van der Waals surface area contributed by atoms with Gasteiger partial charge in [0.05, 0.1) is 23.6 Å². The first-order chi connectivity index (χ1) is 18.6. The van der Waals surface area contributed by atoms with Gasteiger partial charge in [0, 0.05) is 39.9 Å². The quantitative estimate of drug-likeness (QED) is 0.387. The molecule has 39 heavy (non-hydrogen) atoms. The highest BCUT2D eigenvalue weighted by atomic mass is 79.9. The molecule has 2 aromatic heterocycles. The number of nitrogens with one attached hydrogen (secondary N) is 1. The smallest absolute Gasteiger partial charge is 0.263 e. The van der Waals surface area contributed by atoms with Gasteiger partial charge in [-0.05, 0) is 88.2 Å². The van der Waals surface area contributed by atoms with Crippen LogP contribution in [0, 0.1) is 20.8 Å². The van der Waals surface area contributed by atoms with Gasteiger partial charge < -0.3 is 10.2 Å². The number of hydrogen-bond donors (Lipinski definition) is 1. The topological polar surface area (TPSA) is 102 Å². The van der Waals surface area contributed by atoms with Crippen molar-refractivity contribution in [2.75, 3.05) is 7.05 Å². The van der Waals surface area contributed by atoms with Gasteiger partial charge in [-0.25, -0.2) is 14.2 Å². The van der Waals surface area contributed by atoms with Crippen molar-refractivity contribution < 1.29 is 9.59 Å². The molecule has 1 aliphatic rings. The van der Waals surface area contributed by atoms with Gasteiger partial charge in [-0.2, -0.15) is 5.10 Å². The third-order valence-electron chi connectivity index (χ3n) is 7.08. The van der Waals surface area contributed by atoms with Crippen LogP contribution in [0.3, 0.4) is 0 Å². The number of carbonyl (C=O) groups is 2. The minimum absolute atomic E-state index is 0.104. The SMILES string of the molecule is CNC(=O)c1ccc(-n2c(-n3nc(C)cc3C)nc3c(c2=O)CC(C)N(C(=O)c2ccc(Br)c(C)c2)C3)cc1. The maximum atomic E-state index is 14.1. The van der Waals surface area contributed by atoms with Crippen molar-refractivity contribution in [2.45, 2.75) is 46.7 Å². The van der Waals surface area contributed by atoms with Crippen LogP contribution < -0.4 is 10.9 Å². The summed E-state index contributed by atoms with van der Waals surface area (Å²) in [4.78, 5) is 46.4. The van der Waals surface area contributed by atoms with Crippen LogP contribution in [0.1, 0.15) is 55.8 Å². The lowest BCUT2D eigenvalue weighted by atomic mass is 9.98. The normalized spacial score (nSPS) is 14.7. The fraction of sp³-hybridized carbons (Fsp3) is 0.276. The van der Waals surface area contributed by atoms with Crippen LogP contribution in [-0.4, -0.2) is 49.1 Å². The Labute approximate surface area is 234 Å². The van der Waals surface area contributed by atoms with Gasteiger partial charge in [0.25, 0.3) is 17.4 Å². The molecule has 200 valence electrons. The average Bonchev–Trinajstić information content (AvgIpc) is 3.26. The van der Waals surface area contributed by atoms with E-state index in [1.807, 2.05) is 45.9 Å². The molecule has 1 aliphatic heterocycles. The maximum absolute atomic E-state index is 14.1. The summed E-state index contributed by atoms with van der Waals surface area (Å²) in [6, 6.07) is 14.1. The molecule has 0 saturated carbocycles. The van der Waals surface area contributed by atoms with Gasteiger partial charge in [0.1, 0.15) is 0 Å². The van der Waals surface area contributed by atoms with Gasteiger partial charge in [0.2, 0.25) is 5.95 Å². The molecule has 0 aliphatic carbocycles. The summed E-state index contributed by atoms with van der Waals surface area (Å²) < 4.78 is 4.12. The van der Waals surface area contributed by atoms with E-state index in [0.717, 1.165) is 21.4 Å². The van der Waals surface area contributed by atoms with Gasteiger partial charge in [-0.3, -0.25) is 14.4 Å². The Morgan fingerprint density at radius 1 is 1.03 bits per heavy atom. The van der Waals surface area contributed by atoms with Crippen molar-refractivity contribution in [3.63, 3.8) is 0 Å². The first-order valence-corrected chi connectivity index (χ1v) is 13.5. The number of halogens is 1. The molecule has 2 aromatic carbocycles. The highest BCUT2D eigenvalue weighted by molar-refractivity contribution is 9.10. The van der Waals surface area contributed by atoms with Crippen LogP contribution in [0.2, 0.25) is 0 Å². The van der Waals surface area contributed by atoms with E-state index in [9.17, 15) is 14.4 Å². The molecule has 1 N–H and O–H groups in total. The monoisotopic (exact) mass is 588 g/mol. The van der Waals surface area contributed by atoms with Crippen LogP contribution in [-0.2, 0) is 13.0 Å². The second-order valence-electron chi connectivity index (χ2n) is 9.89. The Hall–Kier alpha value is -4.05. The van der Waals surface area contributed by atoms with Crippen molar-refractivity contribution in [1.82, 2.24) is 29.5 Å². The molecule has 0 radical (unpaired) electrons. The third kappa shape index (κ3) is 4.80. The first-order valence-electron chi connectivity index (χ1n) is 12.7. The maximum Gasteiger partial charge on any atom is 0.263 e. The molecule has 0 saturated heterocycles. The summed E-state index contributed by atoms with van der Waals surface area (Å²) in [5.41, 5.74) is 5.14. The van der Waals surface area contributed by atoms with Crippen LogP contribution >= 0.6 is 15.9 Å². The zero-order valence-corrected chi connectivity index (χ0v) is 24.0. The number of aromatic nitrogens is 4. The molecule has 5 rings (SSSR count). The standard InChI is InChI=1S/C29H29BrN6O3/c1-16-12-21(8-11-24(16)30)27(38)34-15-25-23(14-18(34)3)28(39)35(22-9-6-20(7-10-22)26(37)31-5)29(32-25)36-19(4)13-17(2)33-36/h6-13,18H,14-15H2,1-5H3,(H,31,37). The summed E-state index contributed by atoms with van der Waals surface area (Å²) in [7, 11) is 1.57. The molecule has 1 unspecified atom stereocenters. The van der Waals surface area contributed by atoms with Crippen LogP contribution in [0.25, 0.3) is 11.6 Å². The lowest BCUT2D eigenvalue weighted by molar-refractivity contribution is 0.0652. The number of amides is 2. The van der Waals surface area contributed by atoms with E-state index >= 15 is 0 Å². The molecule has 0 bridgehead atoms. The van der Waals surface area contributed by atoms with E-state index in [-0.39, 0.29) is 30.0 Å². The highest BCUT2D eigenvalue weighted by Gasteiger charge is 2.32. The van der Waals surface area contributed by atoms with E-state index < -0.39 is 0 Å². The number of hydrogen-bond acceptors (Lipinski definition) is 5. The molecule has 3 heterocycles. The summed E-state index contributed by atoms with van der Waals surface area (Å²) in [6.45, 7) is 7.89. The molecule has 0 spiro atoms. The van der Waals surface area contributed by atoms with Gasteiger partial charge >= 0.3 is 0 Å². The predicted octanol–water partition coefficient (Wildman–Crippen LogP) is 4.05. The second kappa shape index (κ2) is 10.3. The molecular formula is C29H29BrN6O3. The Morgan fingerprint density at radius 2 is 1.72 bits per heavy atom.